The minimum absolute atomic E-state index is 0.234. The molecule has 3 N–H and O–H groups in total. The lowest BCUT2D eigenvalue weighted by atomic mass is 10.1. The minimum Gasteiger partial charge on any atom is -0.322 e. The smallest absolute Gasteiger partial charge is 0.270 e. The van der Waals surface area contributed by atoms with Crippen LogP contribution in [0.25, 0.3) is 0 Å². The van der Waals surface area contributed by atoms with Crippen molar-refractivity contribution in [2.24, 2.45) is 0 Å². The van der Waals surface area contributed by atoms with Crippen molar-refractivity contribution in [3.63, 3.8) is 0 Å². The van der Waals surface area contributed by atoms with Crippen LogP contribution in [0, 0.1) is 3.57 Å². The zero-order valence-corrected chi connectivity index (χ0v) is 16.8. The number of hydrogen-bond donors (Lipinski definition) is 3. The molecule has 0 heterocycles. The first-order valence-corrected chi connectivity index (χ1v) is 9.44. The molecule has 3 aromatic carbocycles. The van der Waals surface area contributed by atoms with Crippen LogP contribution < -0.4 is 16.2 Å². The lowest BCUT2D eigenvalue weighted by Crippen LogP contribution is -2.41. The van der Waals surface area contributed by atoms with Crippen molar-refractivity contribution in [2.75, 3.05) is 5.32 Å². The van der Waals surface area contributed by atoms with Gasteiger partial charge in [-0.15, -0.1) is 0 Å². The van der Waals surface area contributed by atoms with Gasteiger partial charge in [-0.05, 0) is 71.1 Å². The van der Waals surface area contributed by atoms with Crippen molar-refractivity contribution in [1.82, 2.24) is 10.9 Å². The summed E-state index contributed by atoms with van der Waals surface area (Å²) in [7, 11) is 0. The summed E-state index contributed by atoms with van der Waals surface area (Å²) < 4.78 is 0.783. The zero-order valence-electron chi connectivity index (χ0n) is 14.6. The second kappa shape index (κ2) is 9.14. The maximum absolute atomic E-state index is 12.2. The molecule has 0 fully saturated rings. The summed E-state index contributed by atoms with van der Waals surface area (Å²) in [5.41, 5.74) is 6.70. The predicted octanol–water partition coefficient (Wildman–Crippen LogP) is 3.62. The van der Waals surface area contributed by atoms with Gasteiger partial charge in [-0.3, -0.25) is 25.2 Å². The summed E-state index contributed by atoms with van der Waals surface area (Å²) in [6.07, 6.45) is 0. The lowest BCUT2D eigenvalue weighted by molar-refractivity contribution is 0.0846. The van der Waals surface area contributed by atoms with Crippen LogP contribution in [-0.2, 0) is 0 Å². The second-order valence-electron chi connectivity index (χ2n) is 5.79. The fraction of sp³-hybridized carbons (Fsp3) is 0. The van der Waals surface area contributed by atoms with E-state index in [1.165, 1.54) is 0 Å². The van der Waals surface area contributed by atoms with Gasteiger partial charge in [0.05, 0.1) is 5.56 Å². The van der Waals surface area contributed by atoms with Crippen LogP contribution in [0.2, 0.25) is 0 Å². The zero-order chi connectivity index (χ0) is 19.9. The average Bonchev–Trinajstić information content (AvgIpc) is 2.73. The monoisotopic (exact) mass is 485 g/mol. The van der Waals surface area contributed by atoms with Crippen molar-refractivity contribution < 1.29 is 14.4 Å². The summed E-state index contributed by atoms with van der Waals surface area (Å²) in [5, 5.41) is 2.76. The Bertz CT molecular complexity index is 1000. The Kier molecular flexibility index (Phi) is 6.38. The molecule has 0 aliphatic rings. The Labute approximate surface area is 175 Å². The first-order valence-electron chi connectivity index (χ1n) is 8.36. The van der Waals surface area contributed by atoms with E-state index in [-0.39, 0.29) is 5.91 Å². The van der Waals surface area contributed by atoms with Crippen LogP contribution >= 0.6 is 22.6 Å². The summed E-state index contributed by atoms with van der Waals surface area (Å²) in [5.74, 6) is -1.09. The molecular weight excluding hydrogens is 469 g/mol. The summed E-state index contributed by atoms with van der Waals surface area (Å²) in [6, 6.07) is 22.3. The molecular formula is C21H16IN3O3. The maximum atomic E-state index is 12.2. The van der Waals surface area contributed by atoms with Crippen LogP contribution in [0.15, 0.2) is 78.9 Å². The van der Waals surface area contributed by atoms with Gasteiger partial charge in [0.1, 0.15) is 0 Å². The topological polar surface area (TPSA) is 87.3 Å². The molecule has 0 unspecified atom stereocenters. The SMILES string of the molecule is O=C(NNC(=O)c1ccccc1I)c1ccc(NC(=O)c2ccccc2)cc1. The number of amides is 3. The molecule has 140 valence electrons. The van der Waals surface area contributed by atoms with Gasteiger partial charge < -0.3 is 5.32 Å². The summed E-state index contributed by atoms with van der Waals surface area (Å²) in [6.45, 7) is 0. The van der Waals surface area contributed by atoms with Crippen LogP contribution in [-0.4, -0.2) is 17.7 Å². The van der Waals surface area contributed by atoms with Crippen molar-refractivity contribution in [3.8, 4) is 0 Å². The molecule has 3 rings (SSSR count). The standard InChI is InChI=1S/C21H16IN3O3/c22-18-9-5-4-8-17(18)21(28)25-24-20(27)15-10-12-16(13-11-15)23-19(26)14-6-2-1-3-7-14/h1-13H,(H,23,26)(H,24,27)(H,25,28). The van der Waals surface area contributed by atoms with Gasteiger partial charge >= 0.3 is 0 Å². The van der Waals surface area contributed by atoms with Crippen molar-refractivity contribution in [2.45, 2.75) is 0 Å². The molecule has 0 bridgehead atoms. The first-order chi connectivity index (χ1) is 13.5. The van der Waals surface area contributed by atoms with Gasteiger partial charge in [-0.1, -0.05) is 30.3 Å². The lowest BCUT2D eigenvalue weighted by Gasteiger charge is -2.09. The average molecular weight is 485 g/mol. The Morgan fingerprint density at radius 3 is 1.86 bits per heavy atom. The van der Waals surface area contributed by atoms with E-state index in [4.69, 9.17) is 0 Å². The van der Waals surface area contributed by atoms with Crippen LogP contribution in [0.4, 0.5) is 5.69 Å². The maximum Gasteiger partial charge on any atom is 0.270 e. The van der Waals surface area contributed by atoms with Crippen LogP contribution in [0.3, 0.4) is 0 Å². The van der Waals surface area contributed by atoms with E-state index in [1.54, 1.807) is 66.7 Å². The number of hydrogen-bond acceptors (Lipinski definition) is 3. The molecule has 28 heavy (non-hydrogen) atoms. The highest BCUT2D eigenvalue weighted by molar-refractivity contribution is 14.1. The molecule has 3 aromatic rings. The van der Waals surface area contributed by atoms with Gasteiger partial charge in [0.2, 0.25) is 0 Å². The summed E-state index contributed by atoms with van der Waals surface area (Å²) >= 11 is 2.05. The third-order valence-electron chi connectivity index (χ3n) is 3.85. The van der Waals surface area contributed by atoms with E-state index in [9.17, 15) is 14.4 Å². The molecule has 7 heteroatoms. The molecule has 0 aliphatic carbocycles. The van der Waals surface area contributed by atoms with Crippen molar-refractivity contribution in [1.29, 1.82) is 0 Å². The van der Waals surface area contributed by atoms with E-state index >= 15 is 0 Å². The van der Waals surface area contributed by atoms with E-state index < -0.39 is 11.8 Å². The van der Waals surface area contributed by atoms with Gasteiger partial charge in [0.15, 0.2) is 0 Å². The molecule has 0 atom stereocenters. The third-order valence-corrected chi connectivity index (χ3v) is 4.79. The molecule has 0 aromatic heterocycles. The van der Waals surface area contributed by atoms with E-state index in [2.05, 4.69) is 38.8 Å². The number of rotatable bonds is 4. The molecule has 0 saturated carbocycles. The number of nitrogens with one attached hydrogen (secondary N) is 3. The largest absolute Gasteiger partial charge is 0.322 e. The van der Waals surface area contributed by atoms with E-state index in [0.29, 0.717) is 22.4 Å². The van der Waals surface area contributed by atoms with Crippen LogP contribution in [0.5, 0.6) is 0 Å². The van der Waals surface area contributed by atoms with Gasteiger partial charge in [-0.2, -0.15) is 0 Å². The number of carbonyl (C=O) groups excluding carboxylic acids is 3. The number of benzene rings is 3. The first kappa shape index (κ1) is 19.6. The normalized spacial score (nSPS) is 10.0. The quantitative estimate of drug-likeness (QED) is 0.390. The van der Waals surface area contributed by atoms with Gasteiger partial charge in [-0.25, -0.2) is 0 Å². The van der Waals surface area contributed by atoms with E-state index in [1.807, 2.05) is 12.1 Å². The molecule has 3 amide bonds. The van der Waals surface area contributed by atoms with E-state index in [0.717, 1.165) is 3.57 Å². The number of halogens is 1. The Morgan fingerprint density at radius 2 is 1.18 bits per heavy atom. The molecule has 0 saturated heterocycles. The highest BCUT2D eigenvalue weighted by atomic mass is 127. The van der Waals surface area contributed by atoms with Gasteiger partial charge in [0.25, 0.3) is 17.7 Å². The Morgan fingerprint density at radius 1 is 0.607 bits per heavy atom. The fourth-order valence-electron chi connectivity index (χ4n) is 2.40. The predicted molar refractivity (Wildman–Crippen MR) is 115 cm³/mol. The fourth-order valence-corrected chi connectivity index (χ4v) is 3.03. The number of anilines is 1. The molecule has 6 nitrogen and oxygen atoms in total. The van der Waals surface area contributed by atoms with Crippen molar-refractivity contribution in [3.05, 3.63) is 99.1 Å². The summed E-state index contributed by atoms with van der Waals surface area (Å²) in [4.78, 5) is 36.5. The van der Waals surface area contributed by atoms with Crippen molar-refractivity contribution >= 4 is 46.0 Å². The highest BCUT2D eigenvalue weighted by Crippen LogP contribution is 2.12. The minimum atomic E-state index is -0.458. The number of carbonyl (C=O) groups is 3. The van der Waals surface area contributed by atoms with Crippen LogP contribution in [0.1, 0.15) is 31.1 Å². The Hall–Kier alpha value is -3.20. The third kappa shape index (κ3) is 4.95. The highest BCUT2D eigenvalue weighted by Gasteiger charge is 2.12. The second-order valence-corrected chi connectivity index (χ2v) is 6.95. The Balaban J connectivity index is 1.57. The van der Waals surface area contributed by atoms with Gasteiger partial charge in [0, 0.05) is 20.4 Å². The molecule has 0 radical (unpaired) electrons. The number of hydrazine groups is 1. The molecule has 0 spiro atoms. The molecule has 0 aliphatic heterocycles.